The van der Waals surface area contributed by atoms with Gasteiger partial charge in [0, 0.05) is 13.3 Å². The normalized spacial score (nSPS) is 16.2. The first kappa shape index (κ1) is 20.3. The third-order valence-electron chi connectivity index (χ3n) is 4.22. The summed E-state index contributed by atoms with van der Waals surface area (Å²) in [4.78, 5) is 43.5. The van der Waals surface area contributed by atoms with Crippen molar-refractivity contribution >= 4 is 17.8 Å². The Bertz CT molecular complexity index is 844. The zero-order chi connectivity index (χ0) is 20.6. The molecular weight excluding hydrogens is 374 g/mol. The molecule has 2 aromatic rings. The molecule has 1 N–H and O–H groups in total. The average Bonchev–Trinajstić information content (AvgIpc) is 2.93. The molecule has 0 bridgehead atoms. The van der Waals surface area contributed by atoms with E-state index in [9.17, 15) is 14.4 Å². The van der Waals surface area contributed by atoms with E-state index in [4.69, 9.17) is 9.57 Å². The summed E-state index contributed by atoms with van der Waals surface area (Å²) in [5.41, 5.74) is 0.835. The van der Waals surface area contributed by atoms with Gasteiger partial charge in [-0.05, 0) is 17.7 Å². The monoisotopic (exact) mass is 397 g/mol. The van der Waals surface area contributed by atoms with Gasteiger partial charge in [-0.25, -0.2) is 4.79 Å². The molecule has 1 unspecified atom stereocenters. The van der Waals surface area contributed by atoms with Crippen LogP contribution in [0.3, 0.4) is 0 Å². The van der Waals surface area contributed by atoms with Gasteiger partial charge < -0.3 is 10.1 Å². The van der Waals surface area contributed by atoms with Crippen molar-refractivity contribution in [3.05, 3.63) is 66.2 Å². The van der Waals surface area contributed by atoms with Gasteiger partial charge in [0.15, 0.2) is 6.17 Å². The molecule has 152 valence electrons. The maximum absolute atomic E-state index is 12.7. The Balaban J connectivity index is 1.57. The van der Waals surface area contributed by atoms with Crippen LogP contribution in [-0.4, -0.2) is 47.2 Å². The first-order valence-corrected chi connectivity index (χ1v) is 9.32. The van der Waals surface area contributed by atoms with Crippen LogP contribution in [0, 0.1) is 0 Å². The molecule has 0 aromatic heterocycles. The zero-order valence-electron chi connectivity index (χ0n) is 16.1. The van der Waals surface area contributed by atoms with Gasteiger partial charge in [-0.1, -0.05) is 48.5 Å². The number of carbonyl (C=O) groups excluding carboxylic acids is 3. The van der Waals surface area contributed by atoms with Crippen molar-refractivity contribution in [1.29, 1.82) is 0 Å². The number of carbonyl (C=O) groups is 3. The Hall–Kier alpha value is -3.39. The van der Waals surface area contributed by atoms with Crippen LogP contribution in [0.5, 0.6) is 5.75 Å². The molecule has 1 aliphatic heterocycles. The summed E-state index contributed by atoms with van der Waals surface area (Å²) in [5.74, 6) is -0.294. The van der Waals surface area contributed by atoms with Crippen LogP contribution in [-0.2, 0) is 21.0 Å². The Morgan fingerprint density at radius 3 is 2.31 bits per heavy atom. The van der Waals surface area contributed by atoms with Gasteiger partial charge in [-0.15, -0.1) is 5.06 Å². The Kier molecular flexibility index (Phi) is 6.80. The fourth-order valence-corrected chi connectivity index (χ4v) is 2.88. The van der Waals surface area contributed by atoms with E-state index in [1.807, 2.05) is 60.7 Å². The molecule has 1 fully saturated rings. The number of amides is 4. The summed E-state index contributed by atoms with van der Waals surface area (Å²) < 4.78 is 5.56. The van der Waals surface area contributed by atoms with Crippen LogP contribution in [0.2, 0.25) is 0 Å². The van der Waals surface area contributed by atoms with Crippen molar-refractivity contribution in [3.63, 3.8) is 0 Å². The zero-order valence-corrected chi connectivity index (χ0v) is 16.1. The lowest BCUT2D eigenvalue weighted by Gasteiger charge is -2.21. The van der Waals surface area contributed by atoms with E-state index in [1.54, 1.807) is 0 Å². The largest absolute Gasteiger partial charge is 0.494 e. The van der Waals surface area contributed by atoms with Crippen molar-refractivity contribution < 1.29 is 24.0 Å². The molecule has 0 spiro atoms. The van der Waals surface area contributed by atoms with E-state index in [0.29, 0.717) is 18.1 Å². The molecule has 1 aliphatic rings. The number of nitrogens with zero attached hydrogens (tertiary/aromatic N) is 2. The van der Waals surface area contributed by atoms with Gasteiger partial charge in [-0.3, -0.25) is 19.3 Å². The SMILES string of the molecule is CC(=O)NC1C(=O)N(OCCCOc2ccccc2)C(=O)N1Cc1ccccc1. The summed E-state index contributed by atoms with van der Waals surface area (Å²) >= 11 is 0. The summed E-state index contributed by atoms with van der Waals surface area (Å²) in [7, 11) is 0. The van der Waals surface area contributed by atoms with E-state index in [2.05, 4.69) is 5.32 Å². The third kappa shape index (κ3) is 5.32. The lowest BCUT2D eigenvalue weighted by molar-refractivity contribution is -0.165. The molecule has 29 heavy (non-hydrogen) atoms. The van der Waals surface area contributed by atoms with Crippen molar-refractivity contribution in [2.75, 3.05) is 13.2 Å². The number of nitrogens with one attached hydrogen (secondary N) is 1. The number of hydroxylamine groups is 2. The van der Waals surface area contributed by atoms with E-state index in [-0.39, 0.29) is 13.2 Å². The summed E-state index contributed by atoms with van der Waals surface area (Å²) in [6.45, 7) is 1.97. The second-order valence-electron chi connectivity index (χ2n) is 6.48. The lowest BCUT2D eigenvalue weighted by atomic mass is 10.2. The van der Waals surface area contributed by atoms with Gasteiger partial charge in [0.1, 0.15) is 5.75 Å². The molecule has 0 radical (unpaired) electrons. The van der Waals surface area contributed by atoms with Crippen molar-refractivity contribution in [3.8, 4) is 5.75 Å². The molecule has 4 amide bonds. The fraction of sp³-hybridized carbons (Fsp3) is 0.286. The summed E-state index contributed by atoms with van der Waals surface area (Å²) in [5, 5.41) is 3.23. The third-order valence-corrected chi connectivity index (χ3v) is 4.22. The van der Waals surface area contributed by atoms with Crippen molar-refractivity contribution in [1.82, 2.24) is 15.3 Å². The van der Waals surface area contributed by atoms with Crippen LogP contribution < -0.4 is 10.1 Å². The van der Waals surface area contributed by atoms with Gasteiger partial charge >= 0.3 is 6.03 Å². The molecule has 1 atom stereocenters. The second-order valence-corrected chi connectivity index (χ2v) is 6.48. The topological polar surface area (TPSA) is 88.2 Å². The average molecular weight is 397 g/mol. The number of para-hydroxylation sites is 1. The Labute approximate surface area is 169 Å². The van der Waals surface area contributed by atoms with Crippen LogP contribution in [0.15, 0.2) is 60.7 Å². The molecule has 0 aliphatic carbocycles. The minimum Gasteiger partial charge on any atom is -0.494 e. The fourth-order valence-electron chi connectivity index (χ4n) is 2.88. The number of hydrogen-bond acceptors (Lipinski definition) is 5. The summed E-state index contributed by atoms with van der Waals surface area (Å²) in [6, 6.07) is 17.9. The molecule has 1 heterocycles. The highest BCUT2D eigenvalue weighted by molar-refractivity contribution is 6.04. The molecule has 1 saturated heterocycles. The molecule has 8 heteroatoms. The standard InChI is InChI=1S/C21H23N3O5/c1-16(25)22-19-20(26)24(21(27)23(19)15-17-9-4-2-5-10-17)29-14-8-13-28-18-11-6-3-7-12-18/h2-7,9-12,19H,8,13-15H2,1H3,(H,22,25). The van der Waals surface area contributed by atoms with E-state index in [0.717, 1.165) is 11.3 Å². The highest BCUT2D eigenvalue weighted by atomic mass is 16.7. The molecule has 8 nitrogen and oxygen atoms in total. The predicted octanol–water partition coefficient (Wildman–Crippen LogP) is 2.31. The minimum atomic E-state index is -1.10. The van der Waals surface area contributed by atoms with E-state index < -0.39 is 24.0 Å². The van der Waals surface area contributed by atoms with E-state index in [1.165, 1.54) is 11.8 Å². The van der Waals surface area contributed by atoms with Crippen molar-refractivity contribution in [2.45, 2.75) is 26.1 Å². The second kappa shape index (κ2) is 9.70. The minimum absolute atomic E-state index is 0.121. The number of urea groups is 1. The Morgan fingerprint density at radius 2 is 1.66 bits per heavy atom. The van der Waals surface area contributed by atoms with Gasteiger partial charge in [0.05, 0.1) is 19.8 Å². The first-order valence-electron chi connectivity index (χ1n) is 9.32. The van der Waals surface area contributed by atoms with Crippen LogP contribution in [0.1, 0.15) is 18.9 Å². The summed E-state index contributed by atoms with van der Waals surface area (Å²) in [6.07, 6.45) is -0.615. The van der Waals surface area contributed by atoms with E-state index >= 15 is 0 Å². The number of rotatable bonds is 9. The number of benzene rings is 2. The lowest BCUT2D eigenvalue weighted by Crippen LogP contribution is -2.47. The predicted molar refractivity (Wildman–Crippen MR) is 104 cm³/mol. The van der Waals surface area contributed by atoms with Crippen LogP contribution in [0.4, 0.5) is 4.79 Å². The quantitative estimate of drug-likeness (QED) is 0.518. The van der Waals surface area contributed by atoms with Crippen molar-refractivity contribution in [2.24, 2.45) is 0 Å². The first-order chi connectivity index (χ1) is 14.1. The maximum Gasteiger partial charge on any atom is 0.353 e. The van der Waals surface area contributed by atoms with Gasteiger partial charge in [-0.2, -0.15) is 0 Å². The highest BCUT2D eigenvalue weighted by Gasteiger charge is 2.46. The number of hydrogen-bond donors (Lipinski definition) is 1. The molecule has 3 rings (SSSR count). The Morgan fingerprint density at radius 1 is 1.00 bits per heavy atom. The highest BCUT2D eigenvalue weighted by Crippen LogP contribution is 2.20. The van der Waals surface area contributed by atoms with Gasteiger partial charge in [0.25, 0.3) is 5.91 Å². The molecular formula is C21H23N3O5. The van der Waals surface area contributed by atoms with Crippen LogP contribution >= 0.6 is 0 Å². The number of imide groups is 1. The van der Waals surface area contributed by atoms with Crippen LogP contribution in [0.25, 0.3) is 0 Å². The molecule has 0 saturated carbocycles. The maximum atomic E-state index is 12.7. The number of ether oxygens (including phenoxy) is 1. The smallest absolute Gasteiger partial charge is 0.353 e. The van der Waals surface area contributed by atoms with Gasteiger partial charge in [0.2, 0.25) is 5.91 Å². The molecule has 2 aromatic carbocycles.